The Morgan fingerprint density at radius 3 is 2.45 bits per heavy atom. The molecule has 0 aliphatic rings. The molecule has 3 rings (SSSR count). The number of hydrogen-bond donors (Lipinski definition) is 1. The van der Waals surface area contributed by atoms with Crippen LogP contribution in [0.5, 0.6) is 0 Å². The van der Waals surface area contributed by atoms with E-state index in [0.717, 1.165) is 12.1 Å². The van der Waals surface area contributed by atoms with Crippen molar-refractivity contribution >= 4 is 23.4 Å². The summed E-state index contributed by atoms with van der Waals surface area (Å²) in [4.78, 5) is 22.0. The van der Waals surface area contributed by atoms with E-state index in [9.17, 15) is 28.1 Å². The lowest BCUT2D eigenvalue weighted by Gasteiger charge is -2.07. The van der Waals surface area contributed by atoms with Gasteiger partial charge >= 0.3 is 6.18 Å². The number of carbonyl (C=O) groups excluding carboxylic acids is 1. The highest BCUT2D eigenvalue weighted by Crippen LogP contribution is 2.32. The van der Waals surface area contributed by atoms with Crippen molar-refractivity contribution in [2.24, 2.45) is 0 Å². The van der Waals surface area contributed by atoms with E-state index in [4.69, 9.17) is 4.42 Å². The second kappa shape index (κ2) is 8.01. The number of furan rings is 1. The number of amides is 1. The minimum atomic E-state index is -4.46. The number of nitro benzene ring substituents is 1. The number of nitrogens with one attached hydrogen (secondary N) is 1. The van der Waals surface area contributed by atoms with E-state index in [1.165, 1.54) is 60.7 Å². The summed E-state index contributed by atoms with van der Waals surface area (Å²) in [5.41, 5.74) is -0.258. The van der Waals surface area contributed by atoms with Gasteiger partial charge in [0.1, 0.15) is 11.5 Å². The zero-order chi connectivity index (χ0) is 21.0. The molecule has 2 aromatic carbocycles. The lowest BCUT2D eigenvalue weighted by Crippen LogP contribution is -2.07. The fourth-order valence-electron chi connectivity index (χ4n) is 2.45. The SMILES string of the molecule is O=C(C=Cc1ccc(-c2cccc(C(F)(F)F)c2)o1)Nc1ccc([N+](=O)[O-])cc1. The summed E-state index contributed by atoms with van der Waals surface area (Å²) in [7, 11) is 0. The van der Waals surface area contributed by atoms with Crippen LogP contribution >= 0.6 is 0 Å². The summed E-state index contributed by atoms with van der Waals surface area (Å²) < 4.78 is 43.9. The number of halogens is 3. The summed E-state index contributed by atoms with van der Waals surface area (Å²) in [6, 6.07) is 13.0. The largest absolute Gasteiger partial charge is 0.457 e. The second-order valence-corrected chi connectivity index (χ2v) is 5.91. The Morgan fingerprint density at radius 2 is 1.79 bits per heavy atom. The van der Waals surface area contributed by atoms with Crippen molar-refractivity contribution in [3.8, 4) is 11.3 Å². The Kier molecular flexibility index (Phi) is 5.49. The number of nitro groups is 1. The van der Waals surface area contributed by atoms with Gasteiger partial charge in [-0.05, 0) is 42.5 Å². The smallest absolute Gasteiger partial charge is 0.416 e. The minimum absolute atomic E-state index is 0.101. The normalized spacial score (nSPS) is 11.6. The van der Waals surface area contributed by atoms with Gasteiger partial charge in [0.05, 0.1) is 10.5 Å². The van der Waals surface area contributed by atoms with Crippen LogP contribution in [0.25, 0.3) is 17.4 Å². The van der Waals surface area contributed by atoms with Crippen LogP contribution in [0.2, 0.25) is 0 Å². The molecule has 1 N–H and O–H groups in total. The highest BCUT2D eigenvalue weighted by molar-refractivity contribution is 6.01. The van der Waals surface area contributed by atoms with Gasteiger partial charge < -0.3 is 9.73 Å². The highest BCUT2D eigenvalue weighted by atomic mass is 19.4. The summed E-state index contributed by atoms with van der Waals surface area (Å²) >= 11 is 0. The molecule has 0 unspecified atom stereocenters. The number of hydrogen-bond acceptors (Lipinski definition) is 4. The zero-order valence-electron chi connectivity index (χ0n) is 14.6. The van der Waals surface area contributed by atoms with Gasteiger partial charge in [-0.1, -0.05) is 12.1 Å². The van der Waals surface area contributed by atoms with Gasteiger partial charge in [0.2, 0.25) is 5.91 Å². The Morgan fingerprint density at radius 1 is 1.07 bits per heavy atom. The summed E-state index contributed by atoms with van der Waals surface area (Å²) in [6.45, 7) is 0. The number of non-ortho nitro benzene ring substituents is 1. The number of benzene rings is 2. The van der Waals surface area contributed by atoms with Gasteiger partial charge in [-0.25, -0.2) is 0 Å². The first-order valence-corrected chi connectivity index (χ1v) is 8.23. The number of alkyl halides is 3. The third kappa shape index (κ3) is 5.10. The van der Waals surface area contributed by atoms with Crippen LogP contribution in [-0.2, 0) is 11.0 Å². The van der Waals surface area contributed by atoms with Crippen molar-refractivity contribution in [1.29, 1.82) is 0 Å². The van der Waals surface area contributed by atoms with E-state index >= 15 is 0 Å². The summed E-state index contributed by atoms with van der Waals surface area (Å²) in [5.74, 6) is -0.00124. The van der Waals surface area contributed by atoms with E-state index in [1.54, 1.807) is 0 Å². The number of carbonyl (C=O) groups is 1. The molecular weight excluding hydrogens is 389 g/mol. The molecule has 0 atom stereocenters. The lowest BCUT2D eigenvalue weighted by molar-refractivity contribution is -0.384. The van der Waals surface area contributed by atoms with Gasteiger partial charge in [0.25, 0.3) is 5.69 Å². The molecule has 148 valence electrons. The van der Waals surface area contributed by atoms with E-state index in [0.29, 0.717) is 5.69 Å². The van der Waals surface area contributed by atoms with Crippen molar-refractivity contribution in [3.05, 3.63) is 88.2 Å². The molecule has 1 aromatic heterocycles. The maximum atomic E-state index is 12.8. The first-order chi connectivity index (χ1) is 13.7. The molecule has 0 aliphatic carbocycles. The van der Waals surface area contributed by atoms with Crippen molar-refractivity contribution in [2.45, 2.75) is 6.18 Å². The molecule has 0 radical (unpaired) electrons. The Bertz CT molecular complexity index is 1070. The third-order valence-electron chi connectivity index (χ3n) is 3.85. The first kappa shape index (κ1) is 19.9. The molecular formula is C20H13F3N2O4. The van der Waals surface area contributed by atoms with Crippen LogP contribution in [0.1, 0.15) is 11.3 Å². The average molecular weight is 402 g/mol. The Balaban J connectivity index is 1.67. The highest BCUT2D eigenvalue weighted by Gasteiger charge is 2.30. The lowest BCUT2D eigenvalue weighted by atomic mass is 10.1. The molecule has 1 amide bonds. The molecule has 0 saturated heterocycles. The van der Waals surface area contributed by atoms with Crippen LogP contribution in [-0.4, -0.2) is 10.8 Å². The number of anilines is 1. The number of nitrogens with zero attached hydrogens (tertiary/aromatic N) is 1. The van der Waals surface area contributed by atoms with E-state index in [1.807, 2.05) is 0 Å². The van der Waals surface area contributed by atoms with Crippen molar-refractivity contribution < 1.29 is 27.3 Å². The molecule has 29 heavy (non-hydrogen) atoms. The van der Waals surface area contributed by atoms with Crippen LogP contribution in [0.15, 0.2) is 71.2 Å². The molecule has 0 aliphatic heterocycles. The molecule has 0 saturated carbocycles. The molecule has 9 heteroatoms. The standard InChI is InChI=1S/C20H13F3N2O4/c21-20(22,23)14-3-1-2-13(12-14)18-10-8-17(29-18)9-11-19(26)24-15-4-6-16(7-5-15)25(27)28/h1-12H,(H,24,26). The monoisotopic (exact) mass is 402 g/mol. The van der Waals surface area contributed by atoms with Crippen LogP contribution in [0.4, 0.5) is 24.5 Å². The summed E-state index contributed by atoms with van der Waals surface area (Å²) in [6.07, 6.45) is -1.92. The fraction of sp³-hybridized carbons (Fsp3) is 0.0500. The third-order valence-corrected chi connectivity index (χ3v) is 3.85. The zero-order valence-corrected chi connectivity index (χ0v) is 14.6. The van der Waals surface area contributed by atoms with Crippen LogP contribution in [0, 0.1) is 10.1 Å². The molecule has 0 bridgehead atoms. The van der Waals surface area contributed by atoms with Gasteiger partial charge in [-0.3, -0.25) is 14.9 Å². The molecule has 0 fully saturated rings. The van der Waals surface area contributed by atoms with E-state index in [-0.39, 0.29) is 22.8 Å². The molecule has 0 spiro atoms. The Labute approximate surface area is 162 Å². The van der Waals surface area contributed by atoms with Crippen LogP contribution < -0.4 is 5.32 Å². The van der Waals surface area contributed by atoms with Crippen molar-refractivity contribution in [1.82, 2.24) is 0 Å². The maximum Gasteiger partial charge on any atom is 0.416 e. The van der Waals surface area contributed by atoms with Crippen LogP contribution in [0.3, 0.4) is 0 Å². The molecule has 3 aromatic rings. The molecule has 6 nitrogen and oxygen atoms in total. The minimum Gasteiger partial charge on any atom is -0.457 e. The predicted octanol–water partition coefficient (Wildman–Crippen LogP) is 5.53. The average Bonchev–Trinajstić information content (AvgIpc) is 3.15. The van der Waals surface area contributed by atoms with E-state index < -0.39 is 22.6 Å². The summed E-state index contributed by atoms with van der Waals surface area (Å²) in [5, 5.41) is 13.1. The quantitative estimate of drug-likeness (QED) is 0.346. The predicted molar refractivity (Wildman–Crippen MR) is 99.9 cm³/mol. The molecule has 1 heterocycles. The van der Waals surface area contributed by atoms with Gasteiger partial charge in [0, 0.05) is 29.5 Å². The second-order valence-electron chi connectivity index (χ2n) is 5.91. The van der Waals surface area contributed by atoms with E-state index in [2.05, 4.69) is 5.32 Å². The van der Waals surface area contributed by atoms with Crippen molar-refractivity contribution in [3.63, 3.8) is 0 Å². The van der Waals surface area contributed by atoms with Gasteiger partial charge in [0.15, 0.2) is 0 Å². The van der Waals surface area contributed by atoms with Gasteiger partial charge in [-0.15, -0.1) is 0 Å². The topological polar surface area (TPSA) is 85.4 Å². The fourth-order valence-corrected chi connectivity index (χ4v) is 2.45. The van der Waals surface area contributed by atoms with Crippen molar-refractivity contribution in [2.75, 3.05) is 5.32 Å². The number of rotatable bonds is 5. The van der Waals surface area contributed by atoms with Gasteiger partial charge in [-0.2, -0.15) is 13.2 Å². The first-order valence-electron chi connectivity index (χ1n) is 8.23. The Hall–Kier alpha value is -3.88. The maximum absolute atomic E-state index is 12.8.